The van der Waals surface area contributed by atoms with E-state index in [0.29, 0.717) is 5.75 Å². The van der Waals surface area contributed by atoms with Crippen molar-refractivity contribution in [2.75, 3.05) is 5.75 Å². The van der Waals surface area contributed by atoms with Gasteiger partial charge in [0, 0.05) is 5.75 Å². The molecular weight excluding hydrogens is 176 g/mol. The van der Waals surface area contributed by atoms with Gasteiger partial charge in [0.2, 0.25) is 0 Å². The second-order valence-corrected chi connectivity index (χ2v) is 3.60. The summed E-state index contributed by atoms with van der Waals surface area (Å²) in [5, 5.41) is 19.8. The summed E-state index contributed by atoms with van der Waals surface area (Å²) in [6.45, 7) is 0. The number of nitriles is 2. The average molecular weight is 179 g/mol. The predicted molar refractivity (Wildman–Crippen MR) is 40.9 cm³/mol. The van der Waals surface area contributed by atoms with E-state index in [1.165, 1.54) is 0 Å². The minimum atomic E-state index is -0.264. The van der Waals surface area contributed by atoms with E-state index in [9.17, 15) is 0 Å². The maximum atomic E-state index is 8.07. The van der Waals surface area contributed by atoms with Crippen molar-refractivity contribution in [3.63, 3.8) is 0 Å². The fraction of sp³-hybridized carbons (Fsp3) is 0.500. The van der Waals surface area contributed by atoms with E-state index in [1.54, 1.807) is 0 Å². The van der Waals surface area contributed by atoms with E-state index in [1.807, 2.05) is 10.8 Å². The molecule has 0 rings (SSSR count). The summed E-state index contributed by atoms with van der Waals surface area (Å²) < 4.78 is -0.264. The number of nitrogens with zero attached hydrogens (tertiary/aromatic N) is 2. The molecule has 5 heteroatoms. The summed E-state index contributed by atoms with van der Waals surface area (Å²) in [6, 6.07) is 0. The van der Waals surface area contributed by atoms with E-state index in [0.717, 1.165) is 23.5 Å². The summed E-state index contributed by atoms with van der Waals surface area (Å²) >= 11 is 7.56. The van der Waals surface area contributed by atoms with Crippen LogP contribution < -0.4 is 0 Å². The standard InChI is InChI=1S/C4H3ClN2S2/c5-4(9-3-7)1-8-2-6/h4H,1H2/t4-/m0/s1. The third kappa shape index (κ3) is 5.85. The molecule has 0 aromatic carbocycles. The third-order valence-corrected chi connectivity index (χ3v) is 2.43. The molecule has 9 heavy (non-hydrogen) atoms. The molecule has 0 aliphatic carbocycles. The molecule has 48 valence electrons. The number of thiocyanates is 2. The number of hydrogen-bond donors (Lipinski definition) is 0. The summed E-state index contributed by atoms with van der Waals surface area (Å²) in [7, 11) is 0. The molecule has 0 fully saturated rings. The zero-order valence-corrected chi connectivity index (χ0v) is 6.76. The molecule has 0 saturated heterocycles. The Labute approximate surface area is 67.2 Å². The highest BCUT2D eigenvalue weighted by Crippen LogP contribution is 2.17. The number of rotatable bonds is 3. The minimum absolute atomic E-state index is 0.264. The van der Waals surface area contributed by atoms with Crippen molar-refractivity contribution in [3.8, 4) is 10.8 Å². The van der Waals surface area contributed by atoms with Crippen LogP contribution in [0.3, 0.4) is 0 Å². The average Bonchev–Trinajstić information content (AvgIpc) is 1.85. The van der Waals surface area contributed by atoms with E-state index in [2.05, 4.69) is 0 Å². The number of alkyl halides is 1. The topological polar surface area (TPSA) is 47.6 Å². The van der Waals surface area contributed by atoms with Gasteiger partial charge in [-0.2, -0.15) is 10.5 Å². The Hall–Kier alpha value is -0.0300. The van der Waals surface area contributed by atoms with Crippen LogP contribution in [0.15, 0.2) is 0 Å². The van der Waals surface area contributed by atoms with Crippen molar-refractivity contribution in [3.05, 3.63) is 0 Å². The van der Waals surface area contributed by atoms with Gasteiger partial charge in [-0.3, -0.25) is 0 Å². The van der Waals surface area contributed by atoms with Gasteiger partial charge < -0.3 is 0 Å². The molecule has 0 N–H and O–H groups in total. The largest absolute Gasteiger partial charge is 0.185 e. The molecular formula is C4H3ClN2S2. The van der Waals surface area contributed by atoms with Crippen LogP contribution in [0, 0.1) is 21.3 Å². The molecule has 0 aromatic heterocycles. The second-order valence-electron chi connectivity index (χ2n) is 1.02. The molecule has 0 radical (unpaired) electrons. The van der Waals surface area contributed by atoms with E-state index < -0.39 is 0 Å². The van der Waals surface area contributed by atoms with Gasteiger partial charge in [0.05, 0.1) is 0 Å². The van der Waals surface area contributed by atoms with Crippen LogP contribution in [0.5, 0.6) is 0 Å². The summed E-state index contributed by atoms with van der Waals surface area (Å²) in [6.07, 6.45) is 0. The first-order valence-electron chi connectivity index (χ1n) is 2.01. The monoisotopic (exact) mass is 178 g/mol. The molecule has 0 spiro atoms. The van der Waals surface area contributed by atoms with Crippen LogP contribution in [0.1, 0.15) is 0 Å². The van der Waals surface area contributed by atoms with Gasteiger partial charge in [0.25, 0.3) is 0 Å². The summed E-state index contributed by atoms with van der Waals surface area (Å²) in [5.41, 5.74) is 0. The Morgan fingerprint density at radius 1 is 1.44 bits per heavy atom. The van der Waals surface area contributed by atoms with Gasteiger partial charge in [-0.05, 0) is 23.5 Å². The molecule has 0 heterocycles. The lowest BCUT2D eigenvalue weighted by Gasteiger charge is -1.95. The van der Waals surface area contributed by atoms with Gasteiger partial charge in [-0.1, -0.05) is 0 Å². The molecule has 0 saturated carbocycles. The molecule has 1 atom stereocenters. The fourth-order valence-corrected chi connectivity index (χ4v) is 1.30. The highest BCUT2D eigenvalue weighted by atomic mass is 35.5. The minimum Gasteiger partial charge on any atom is -0.185 e. The van der Waals surface area contributed by atoms with Crippen LogP contribution >= 0.6 is 35.1 Å². The Morgan fingerprint density at radius 2 is 2.11 bits per heavy atom. The van der Waals surface area contributed by atoms with Crippen molar-refractivity contribution in [1.82, 2.24) is 0 Å². The normalized spacial score (nSPS) is 11.4. The maximum absolute atomic E-state index is 8.07. The third-order valence-electron chi connectivity index (χ3n) is 0.460. The lowest BCUT2D eigenvalue weighted by Crippen LogP contribution is -1.92. The number of thioether (sulfide) groups is 2. The maximum Gasteiger partial charge on any atom is 0.134 e. The Balaban J connectivity index is 3.21. The Morgan fingerprint density at radius 3 is 2.56 bits per heavy atom. The lowest BCUT2D eigenvalue weighted by molar-refractivity contribution is 1.44. The zero-order valence-electron chi connectivity index (χ0n) is 4.37. The Kier molecular flexibility index (Phi) is 6.08. The van der Waals surface area contributed by atoms with Crippen LogP contribution in [-0.4, -0.2) is 10.5 Å². The van der Waals surface area contributed by atoms with Gasteiger partial charge >= 0.3 is 0 Å². The van der Waals surface area contributed by atoms with Crippen LogP contribution in [0.25, 0.3) is 0 Å². The second kappa shape index (κ2) is 6.10. The number of halogens is 1. The van der Waals surface area contributed by atoms with Gasteiger partial charge in [0.1, 0.15) is 15.5 Å². The quantitative estimate of drug-likeness (QED) is 0.490. The van der Waals surface area contributed by atoms with Crippen molar-refractivity contribution in [2.24, 2.45) is 0 Å². The van der Waals surface area contributed by atoms with Gasteiger partial charge in [-0.15, -0.1) is 11.6 Å². The first-order valence-corrected chi connectivity index (χ1v) is 4.31. The van der Waals surface area contributed by atoms with Crippen LogP contribution in [-0.2, 0) is 0 Å². The van der Waals surface area contributed by atoms with E-state index in [-0.39, 0.29) is 4.71 Å². The van der Waals surface area contributed by atoms with Gasteiger partial charge in [0.15, 0.2) is 0 Å². The van der Waals surface area contributed by atoms with Crippen molar-refractivity contribution < 1.29 is 0 Å². The molecule has 0 bridgehead atoms. The smallest absolute Gasteiger partial charge is 0.134 e. The first kappa shape index (κ1) is 8.97. The molecule has 0 unspecified atom stereocenters. The van der Waals surface area contributed by atoms with E-state index >= 15 is 0 Å². The lowest BCUT2D eigenvalue weighted by atomic mass is 10.9. The summed E-state index contributed by atoms with van der Waals surface area (Å²) in [4.78, 5) is 0. The van der Waals surface area contributed by atoms with Crippen LogP contribution in [0.2, 0.25) is 0 Å². The summed E-state index contributed by atoms with van der Waals surface area (Å²) in [5.74, 6) is 0.496. The van der Waals surface area contributed by atoms with E-state index in [4.69, 9.17) is 22.1 Å². The molecule has 0 aliphatic rings. The van der Waals surface area contributed by atoms with Crippen LogP contribution in [0.4, 0.5) is 0 Å². The highest BCUT2D eigenvalue weighted by Gasteiger charge is 2.02. The first-order chi connectivity index (χ1) is 4.31. The zero-order chi connectivity index (χ0) is 7.11. The molecule has 0 aliphatic heterocycles. The van der Waals surface area contributed by atoms with Crippen molar-refractivity contribution in [1.29, 1.82) is 10.5 Å². The van der Waals surface area contributed by atoms with Crippen molar-refractivity contribution >= 4 is 35.1 Å². The Bertz CT molecular complexity index is 148. The fourth-order valence-electron chi connectivity index (χ4n) is 0.194. The molecule has 0 amide bonds. The van der Waals surface area contributed by atoms with Gasteiger partial charge in [-0.25, -0.2) is 0 Å². The highest BCUT2D eigenvalue weighted by molar-refractivity contribution is 8.08. The van der Waals surface area contributed by atoms with Crippen molar-refractivity contribution in [2.45, 2.75) is 4.71 Å². The molecule has 0 aromatic rings. The number of hydrogen-bond acceptors (Lipinski definition) is 4. The SMILES string of the molecule is N#CSC[C@@H](Cl)SC#N. The predicted octanol–water partition coefficient (Wildman–Crippen LogP) is 1.98. The molecule has 2 nitrogen and oxygen atoms in total.